The minimum atomic E-state index is 0.0143. The van der Waals surface area contributed by atoms with Crippen LogP contribution in [0, 0.1) is 34.0 Å². The minimum Gasteiger partial charge on any atom is -0.360 e. The zero-order chi connectivity index (χ0) is 14.3. The van der Waals surface area contributed by atoms with Gasteiger partial charge in [0.2, 0.25) is 0 Å². The number of rotatable bonds is 4. The monoisotopic (exact) mass is 250 g/mol. The van der Waals surface area contributed by atoms with E-state index < -0.39 is 0 Å². The average molecular weight is 250 g/mol. The number of hydrogen-bond donors (Lipinski definition) is 1. The maximum atomic E-state index is 9.18. The van der Waals surface area contributed by atoms with E-state index in [1.54, 1.807) is 12.1 Å². The molecule has 0 saturated heterocycles. The second-order valence-corrected chi connectivity index (χ2v) is 3.91. The summed E-state index contributed by atoms with van der Waals surface area (Å²) in [5.74, 6) is 0. The first kappa shape index (κ1) is 14.3. The summed E-state index contributed by atoms with van der Waals surface area (Å²) in [6.45, 7) is 3.98. The number of aryl methyl sites for hydroxylation is 2. The quantitative estimate of drug-likeness (QED) is 0.832. The van der Waals surface area contributed by atoms with Crippen molar-refractivity contribution in [2.24, 2.45) is 0 Å². The van der Waals surface area contributed by atoms with Crippen LogP contribution in [0.2, 0.25) is 0 Å². The van der Waals surface area contributed by atoms with E-state index in [4.69, 9.17) is 10.5 Å². The number of benzene rings is 1. The number of nitriles is 3. The Balaban J connectivity index is 3.19. The Bertz CT molecular complexity index is 580. The summed E-state index contributed by atoms with van der Waals surface area (Å²) in [7, 11) is 0. The molecule has 19 heavy (non-hydrogen) atoms. The van der Waals surface area contributed by atoms with E-state index in [9.17, 15) is 5.26 Å². The number of anilines is 1. The highest BCUT2D eigenvalue weighted by Gasteiger charge is 2.08. The van der Waals surface area contributed by atoms with Crippen molar-refractivity contribution in [1.29, 1.82) is 15.8 Å². The van der Waals surface area contributed by atoms with Gasteiger partial charge >= 0.3 is 0 Å². The molecule has 0 amide bonds. The molecule has 0 aliphatic rings. The topological polar surface area (TPSA) is 83.4 Å². The van der Waals surface area contributed by atoms with Gasteiger partial charge in [0.25, 0.3) is 0 Å². The molecule has 1 aromatic carbocycles. The Labute approximate surface area is 113 Å². The van der Waals surface area contributed by atoms with Crippen LogP contribution in [0.3, 0.4) is 0 Å². The van der Waals surface area contributed by atoms with Crippen molar-refractivity contribution in [2.45, 2.75) is 26.7 Å². The highest BCUT2D eigenvalue weighted by molar-refractivity contribution is 5.58. The van der Waals surface area contributed by atoms with Crippen molar-refractivity contribution < 1.29 is 0 Å². The average Bonchev–Trinajstić information content (AvgIpc) is 2.46. The fourth-order valence-electron chi connectivity index (χ4n) is 1.80. The van der Waals surface area contributed by atoms with Crippen LogP contribution in [-0.2, 0) is 12.8 Å². The van der Waals surface area contributed by atoms with Gasteiger partial charge in [-0.2, -0.15) is 15.8 Å². The van der Waals surface area contributed by atoms with Crippen LogP contribution < -0.4 is 5.32 Å². The van der Waals surface area contributed by atoms with Crippen LogP contribution in [0.25, 0.3) is 0 Å². The molecule has 0 saturated carbocycles. The lowest BCUT2D eigenvalue weighted by molar-refractivity contribution is 1.07. The second-order valence-electron chi connectivity index (χ2n) is 3.91. The molecule has 4 nitrogen and oxygen atoms in total. The van der Waals surface area contributed by atoms with Crippen molar-refractivity contribution in [3.05, 3.63) is 40.6 Å². The Morgan fingerprint density at radius 2 is 1.63 bits per heavy atom. The number of nitrogens with zero attached hydrogens (tertiary/aromatic N) is 3. The van der Waals surface area contributed by atoms with E-state index >= 15 is 0 Å². The summed E-state index contributed by atoms with van der Waals surface area (Å²) in [5, 5.41) is 29.4. The first-order valence-electron chi connectivity index (χ1n) is 6.02. The van der Waals surface area contributed by atoms with Crippen molar-refractivity contribution >= 4 is 5.69 Å². The summed E-state index contributed by atoms with van der Waals surface area (Å²) in [6, 6.07) is 9.56. The highest BCUT2D eigenvalue weighted by Crippen LogP contribution is 2.22. The maximum absolute atomic E-state index is 9.18. The largest absolute Gasteiger partial charge is 0.360 e. The maximum Gasteiger partial charge on any atom is 0.145 e. The van der Waals surface area contributed by atoms with Gasteiger partial charge in [-0.05, 0) is 36.1 Å². The number of allylic oxidation sites excluding steroid dienone is 1. The zero-order valence-corrected chi connectivity index (χ0v) is 11.0. The Hall–Kier alpha value is -2.77. The molecule has 0 bridgehead atoms. The van der Waals surface area contributed by atoms with E-state index in [-0.39, 0.29) is 5.57 Å². The lowest BCUT2D eigenvalue weighted by Gasteiger charge is -2.10. The van der Waals surface area contributed by atoms with E-state index in [1.807, 2.05) is 26.0 Å². The fourth-order valence-corrected chi connectivity index (χ4v) is 1.80. The lowest BCUT2D eigenvalue weighted by atomic mass is 9.97. The van der Waals surface area contributed by atoms with Gasteiger partial charge < -0.3 is 5.32 Å². The van der Waals surface area contributed by atoms with Gasteiger partial charge in [0.1, 0.15) is 17.7 Å². The Kier molecular flexibility index (Phi) is 5.15. The van der Waals surface area contributed by atoms with E-state index in [1.165, 1.54) is 6.20 Å². The smallest absolute Gasteiger partial charge is 0.145 e. The number of nitrogens with one attached hydrogen (secondary N) is 1. The molecule has 0 aliphatic heterocycles. The molecular formula is C15H14N4. The molecule has 94 valence electrons. The minimum absolute atomic E-state index is 0.0143. The first-order chi connectivity index (χ1) is 9.19. The van der Waals surface area contributed by atoms with Gasteiger partial charge in [-0.25, -0.2) is 0 Å². The van der Waals surface area contributed by atoms with Gasteiger partial charge in [-0.15, -0.1) is 0 Å². The Morgan fingerprint density at radius 1 is 1.11 bits per heavy atom. The van der Waals surface area contributed by atoms with Crippen molar-refractivity contribution in [1.82, 2.24) is 0 Å². The third-order valence-electron chi connectivity index (χ3n) is 2.80. The van der Waals surface area contributed by atoms with Crippen LogP contribution in [0.4, 0.5) is 5.69 Å². The van der Waals surface area contributed by atoms with Gasteiger partial charge in [-0.3, -0.25) is 0 Å². The van der Waals surface area contributed by atoms with E-state index in [0.29, 0.717) is 0 Å². The number of hydrogen-bond acceptors (Lipinski definition) is 4. The fraction of sp³-hybridized carbons (Fsp3) is 0.267. The third-order valence-corrected chi connectivity index (χ3v) is 2.80. The molecule has 0 aliphatic carbocycles. The molecule has 1 rings (SSSR count). The zero-order valence-electron chi connectivity index (χ0n) is 11.0. The predicted molar refractivity (Wildman–Crippen MR) is 72.8 cm³/mol. The van der Waals surface area contributed by atoms with Crippen LogP contribution in [0.15, 0.2) is 23.9 Å². The van der Waals surface area contributed by atoms with Gasteiger partial charge in [0, 0.05) is 11.9 Å². The molecule has 0 spiro atoms. The lowest BCUT2D eigenvalue weighted by Crippen LogP contribution is -1.99. The second kappa shape index (κ2) is 6.84. The van der Waals surface area contributed by atoms with Gasteiger partial charge in [0.15, 0.2) is 0 Å². The van der Waals surface area contributed by atoms with Crippen molar-refractivity contribution in [2.75, 3.05) is 5.32 Å². The molecule has 0 heterocycles. The van der Waals surface area contributed by atoms with Crippen LogP contribution in [-0.4, -0.2) is 0 Å². The summed E-state index contributed by atoms with van der Waals surface area (Å²) in [6.07, 6.45) is 2.90. The van der Waals surface area contributed by atoms with Crippen LogP contribution in [0.5, 0.6) is 0 Å². The van der Waals surface area contributed by atoms with Crippen molar-refractivity contribution in [3.8, 4) is 18.2 Å². The van der Waals surface area contributed by atoms with Crippen LogP contribution >= 0.6 is 0 Å². The van der Waals surface area contributed by atoms with Crippen LogP contribution in [0.1, 0.15) is 30.5 Å². The third kappa shape index (κ3) is 3.35. The molecular weight excluding hydrogens is 236 g/mol. The molecule has 4 heteroatoms. The van der Waals surface area contributed by atoms with Crippen molar-refractivity contribution in [3.63, 3.8) is 0 Å². The molecule has 0 atom stereocenters. The SMILES string of the molecule is CCc1cc(NC=C(C#N)C#N)cc(CC)c1C#N. The summed E-state index contributed by atoms with van der Waals surface area (Å²) in [5.41, 5.74) is 3.46. The van der Waals surface area contributed by atoms with Gasteiger partial charge in [-0.1, -0.05) is 13.8 Å². The summed E-state index contributed by atoms with van der Waals surface area (Å²) in [4.78, 5) is 0. The highest BCUT2D eigenvalue weighted by atomic mass is 14.8. The van der Waals surface area contributed by atoms with Gasteiger partial charge in [0.05, 0.1) is 11.6 Å². The molecule has 0 fully saturated rings. The molecule has 1 aromatic rings. The van der Waals surface area contributed by atoms with E-state index in [0.717, 1.165) is 35.2 Å². The molecule has 1 N–H and O–H groups in total. The molecule has 0 radical (unpaired) electrons. The summed E-state index contributed by atoms with van der Waals surface area (Å²) >= 11 is 0. The molecule has 0 unspecified atom stereocenters. The Morgan fingerprint density at radius 3 is 2.00 bits per heavy atom. The molecule has 0 aromatic heterocycles. The standard InChI is InChI=1S/C15H14N4/c1-3-12-5-14(19-10-11(7-16)8-17)6-13(4-2)15(12)9-18/h5-6,10,19H,3-4H2,1-2H3. The predicted octanol–water partition coefficient (Wildman–Crippen LogP) is 3.03. The normalized spacial score (nSPS) is 8.79. The first-order valence-corrected chi connectivity index (χ1v) is 6.02. The van der Waals surface area contributed by atoms with E-state index in [2.05, 4.69) is 11.4 Å². The summed E-state index contributed by atoms with van der Waals surface area (Å²) < 4.78 is 0.